The van der Waals surface area contributed by atoms with Gasteiger partial charge in [0.25, 0.3) is 0 Å². The zero-order valence-electron chi connectivity index (χ0n) is 9.47. The lowest BCUT2D eigenvalue weighted by atomic mass is 10.2. The van der Waals surface area contributed by atoms with Gasteiger partial charge in [-0.2, -0.15) is 9.90 Å². The fraction of sp³-hybridized carbons (Fsp3) is 0.333. The van der Waals surface area contributed by atoms with E-state index in [4.69, 9.17) is 4.74 Å². The first-order valence-corrected chi connectivity index (χ1v) is 5.30. The number of rotatable bonds is 5. The standard InChI is InChI=1S/C12H13O5/c1-2-3-8-16-11(13)9-6-4-5-7-10(9)17-12(14)15/h4-7H,2-3,8H2,1H3. The number of unbranched alkanes of at least 4 members (excludes halogenated alkanes) is 1. The Balaban J connectivity index is 2.74. The number of ether oxygens (including phenoxy) is 2. The summed E-state index contributed by atoms with van der Waals surface area (Å²) in [7, 11) is 0. The minimum atomic E-state index is -1.71. The van der Waals surface area contributed by atoms with Gasteiger partial charge < -0.3 is 9.47 Å². The first kappa shape index (κ1) is 13.0. The summed E-state index contributed by atoms with van der Waals surface area (Å²) in [4.78, 5) is 21.9. The lowest BCUT2D eigenvalue weighted by molar-refractivity contribution is 0.0495. The number of para-hydroxylation sites is 1. The zero-order chi connectivity index (χ0) is 12.7. The monoisotopic (exact) mass is 237 g/mol. The number of carbonyl (C=O) groups is 2. The third kappa shape index (κ3) is 4.14. The van der Waals surface area contributed by atoms with Crippen LogP contribution in [0.3, 0.4) is 0 Å². The van der Waals surface area contributed by atoms with Crippen molar-refractivity contribution in [1.29, 1.82) is 0 Å². The van der Waals surface area contributed by atoms with Gasteiger partial charge >= 0.3 is 12.1 Å². The first-order chi connectivity index (χ1) is 8.15. The Bertz CT molecular complexity index is 400. The highest BCUT2D eigenvalue weighted by molar-refractivity contribution is 5.93. The van der Waals surface area contributed by atoms with Crippen LogP contribution in [0.15, 0.2) is 24.3 Å². The van der Waals surface area contributed by atoms with E-state index in [9.17, 15) is 14.7 Å². The molecule has 17 heavy (non-hydrogen) atoms. The molecule has 1 rings (SSSR count). The third-order valence-electron chi connectivity index (χ3n) is 2.03. The number of hydrogen-bond acceptors (Lipinski definition) is 4. The van der Waals surface area contributed by atoms with Crippen LogP contribution in [-0.4, -0.2) is 18.7 Å². The molecule has 1 aromatic rings. The van der Waals surface area contributed by atoms with E-state index in [2.05, 4.69) is 4.74 Å². The minimum absolute atomic E-state index is 0.0750. The summed E-state index contributed by atoms with van der Waals surface area (Å²) in [6.07, 6.45) is -0.0430. The largest absolute Gasteiger partial charge is 0.555 e. The highest BCUT2D eigenvalue weighted by atomic mass is 16.7. The van der Waals surface area contributed by atoms with Crippen LogP contribution in [0, 0.1) is 0 Å². The van der Waals surface area contributed by atoms with E-state index < -0.39 is 12.1 Å². The van der Waals surface area contributed by atoms with Gasteiger partial charge in [0, 0.05) is 0 Å². The molecule has 0 fully saturated rings. The molecule has 0 unspecified atom stereocenters. The van der Waals surface area contributed by atoms with Gasteiger partial charge in [0.15, 0.2) is 0 Å². The number of hydrogen-bond donors (Lipinski definition) is 0. The lowest BCUT2D eigenvalue weighted by Crippen LogP contribution is -2.10. The van der Waals surface area contributed by atoms with E-state index in [0.29, 0.717) is 6.61 Å². The molecule has 0 bridgehead atoms. The molecule has 0 heterocycles. The fourth-order valence-electron chi connectivity index (χ4n) is 1.20. The molecule has 0 aliphatic carbocycles. The summed E-state index contributed by atoms with van der Waals surface area (Å²) in [5, 5.41) is 10.3. The summed E-state index contributed by atoms with van der Waals surface area (Å²) < 4.78 is 9.34. The van der Waals surface area contributed by atoms with Crippen LogP contribution >= 0.6 is 0 Å². The van der Waals surface area contributed by atoms with Crippen LogP contribution in [0.5, 0.6) is 5.75 Å². The molecule has 0 amide bonds. The van der Waals surface area contributed by atoms with E-state index in [1.54, 1.807) is 12.1 Å². The maximum Gasteiger partial charge on any atom is 0.555 e. The molecule has 0 atom stereocenters. The molecule has 5 heteroatoms. The summed E-state index contributed by atoms with van der Waals surface area (Å²) in [6, 6.07) is 5.96. The van der Waals surface area contributed by atoms with E-state index >= 15 is 0 Å². The average Bonchev–Trinajstić information content (AvgIpc) is 2.29. The fourth-order valence-corrected chi connectivity index (χ4v) is 1.20. The Labute approximate surface area is 99.0 Å². The van der Waals surface area contributed by atoms with Crippen molar-refractivity contribution in [3.63, 3.8) is 0 Å². The lowest BCUT2D eigenvalue weighted by Gasteiger charge is -2.07. The van der Waals surface area contributed by atoms with Crippen molar-refractivity contribution in [1.82, 2.24) is 0 Å². The highest BCUT2D eigenvalue weighted by Crippen LogP contribution is 2.19. The maximum absolute atomic E-state index is 11.6. The highest BCUT2D eigenvalue weighted by Gasteiger charge is 2.15. The van der Waals surface area contributed by atoms with Crippen molar-refractivity contribution in [3.05, 3.63) is 29.8 Å². The Morgan fingerprint density at radius 1 is 1.24 bits per heavy atom. The summed E-state index contributed by atoms with van der Waals surface area (Å²) in [6.45, 7) is 2.27. The van der Waals surface area contributed by atoms with Gasteiger partial charge in [-0.1, -0.05) is 25.5 Å². The van der Waals surface area contributed by atoms with Crippen molar-refractivity contribution < 1.29 is 24.2 Å². The molecule has 1 aromatic carbocycles. The summed E-state index contributed by atoms with van der Waals surface area (Å²) >= 11 is 0. The number of esters is 1. The molecular formula is C12H13O5. The number of carbonyl (C=O) groups excluding carboxylic acids is 2. The summed E-state index contributed by atoms with van der Waals surface area (Å²) in [5.74, 6) is -0.677. The molecule has 0 saturated carbocycles. The smallest absolute Gasteiger partial charge is 0.462 e. The molecule has 5 nitrogen and oxygen atoms in total. The Morgan fingerprint density at radius 3 is 2.59 bits per heavy atom. The van der Waals surface area contributed by atoms with Crippen LogP contribution in [0.4, 0.5) is 4.79 Å². The van der Waals surface area contributed by atoms with Crippen molar-refractivity contribution >= 4 is 12.1 Å². The SMILES string of the molecule is CCCCOC(=O)c1ccccc1OC([O])=O. The molecule has 0 saturated heterocycles. The summed E-state index contributed by atoms with van der Waals surface area (Å²) in [5.41, 5.74) is 0.0767. The van der Waals surface area contributed by atoms with E-state index in [1.807, 2.05) is 6.92 Å². The van der Waals surface area contributed by atoms with E-state index in [1.165, 1.54) is 12.1 Å². The van der Waals surface area contributed by atoms with Crippen molar-refractivity contribution in [2.45, 2.75) is 19.8 Å². The minimum Gasteiger partial charge on any atom is -0.462 e. The predicted molar refractivity (Wildman–Crippen MR) is 58.3 cm³/mol. The Hall–Kier alpha value is -2.04. The first-order valence-electron chi connectivity index (χ1n) is 5.30. The van der Waals surface area contributed by atoms with Crippen molar-refractivity contribution in [2.24, 2.45) is 0 Å². The second-order valence-electron chi connectivity index (χ2n) is 3.34. The Kier molecular flexibility index (Phi) is 5.00. The van der Waals surface area contributed by atoms with Crippen LogP contribution in [0.1, 0.15) is 30.1 Å². The molecular weight excluding hydrogens is 224 g/mol. The Morgan fingerprint density at radius 2 is 1.94 bits per heavy atom. The molecule has 0 N–H and O–H groups in total. The quantitative estimate of drug-likeness (QED) is 0.448. The van der Waals surface area contributed by atoms with Gasteiger partial charge in [-0.05, 0) is 18.6 Å². The third-order valence-corrected chi connectivity index (χ3v) is 2.03. The normalized spacial score (nSPS) is 9.71. The van der Waals surface area contributed by atoms with Gasteiger partial charge in [0.1, 0.15) is 11.3 Å². The van der Waals surface area contributed by atoms with Crippen LogP contribution in [0.25, 0.3) is 0 Å². The molecule has 0 aliphatic heterocycles. The molecule has 0 aliphatic rings. The van der Waals surface area contributed by atoms with Crippen LogP contribution in [-0.2, 0) is 9.84 Å². The molecule has 91 valence electrons. The molecule has 0 aromatic heterocycles. The number of benzene rings is 1. The molecule has 1 radical (unpaired) electrons. The zero-order valence-corrected chi connectivity index (χ0v) is 9.47. The average molecular weight is 237 g/mol. The van der Waals surface area contributed by atoms with Crippen molar-refractivity contribution in [2.75, 3.05) is 6.61 Å². The second kappa shape index (κ2) is 6.52. The van der Waals surface area contributed by atoms with Gasteiger partial charge in [0.2, 0.25) is 0 Å². The van der Waals surface area contributed by atoms with Gasteiger partial charge in [-0.3, -0.25) is 0 Å². The van der Waals surface area contributed by atoms with E-state index in [-0.39, 0.29) is 11.3 Å². The van der Waals surface area contributed by atoms with Crippen LogP contribution < -0.4 is 4.74 Å². The van der Waals surface area contributed by atoms with Gasteiger partial charge in [-0.25, -0.2) is 4.79 Å². The predicted octanol–water partition coefficient (Wildman–Crippen LogP) is 2.57. The van der Waals surface area contributed by atoms with Gasteiger partial charge in [-0.15, -0.1) is 0 Å². The second-order valence-corrected chi connectivity index (χ2v) is 3.34. The van der Waals surface area contributed by atoms with Gasteiger partial charge in [0.05, 0.1) is 6.61 Å². The van der Waals surface area contributed by atoms with Crippen LogP contribution in [0.2, 0.25) is 0 Å². The molecule has 0 spiro atoms. The van der Waals surface area contributed by atoms with Crippen molar-refractivity contribution in [3.8, 4) is 5.75 Å². The topological polar surface area (TPSA) is 72.5 Å². The maximum atomic E-state index is 11.6. The van der Waals surface area contributed by atoms with E-state index in [0.717, 1.165) is 12.8 Å².